The van der Waals surface area contributed by atoms with Gasteiger partial charge in [-0.3, -0.25) is 0 Å². The fourth-order valence-corrected chi connectivity index (χ4v) is 1.76. The molecule has 0 amide bonds. The van der Waals surface area contributed by atoms with E-state index in [0.29, 0.717) is 12.5 Å². The second-order valence-electron chi connectivity index (χ2n) is 3.61. The Morgan fingerprint density at radius 3 is 3.20 bits per heavy atom. The van der Waals surface area contributed by atoms with E-state index in [4.69, 9.17) is 21.1 Å². The second kappa shape index (κ2) is 5.26. The number of alkyl halides is 1. The average Bonchev–Trinajstić information content (AvgIpc) is 2.29. The smallest absolute Gasteiger partial charge is 0.126 e. The van der Waals surface area contributed by atoms with Crippen molar-refractivity contribution in [3.63, 3.8) is 0 Å². The van der Waals surface area contributed by atoms with Gasteiger partial charge in [-0.05, 0) is 30.9 Å². The first-order chi connectivity index (χ1) is 7.40. The van der Waals surface area contributed by atoms with Gasteiger partial charge in [-0.2, -0.15) is 0 Å². The van der Waals surface area contributed by atoms with Crippen LogP contribution in [0.1, 0.15) is 18.4 Å². The third-order valence-corrected chi connectivity index (χ3v) is 2.70. The lowest BCUT2D eigenvalue weighted by molar-refractivity contribution is 0.281. The van der Waals surface area contributed by atoms with Crippen LogP contribution in [0.25, 0.3) is 0 Å². The van der Waals surface area contributed by atoms with Crippen LogP contribution in [0, 0.1) is 0 Å². The van der Waals surface area contributed by atoms with Crippen molar-refractivity contribution >= 4 is 11.6 Å². The zero-order valence-electron chi connectivity index (χ0n) is 8.67. The molecule has 0 bridgehead atoms. The first kappa shape index (κ1) is 10.6. The molecule has 0 aliphatic carbocycles. The molecule has 1 aliphatic rings. The van der Waals surface area contributed by atoms with E-state index < -0.39 is 0 Å². The van der Waals surface area contributed by atoms with Crippen molar-refractivity contribution in [2.45, 2.75) is 19.3 Å². The fraction of sp³-hybridized carbons (Fsp3) is 0.500. The molecule has 0 spiro atoms. The van der Waals surface area contributed by atoms with Gasteiger partial charge in [0.15, 0.2) is 0 Å². The molecule has 0 saturated carbocycles. The van der Waals surface area contributed by atoms with Crippen molar-refractivity contribution in [2.75, 3.05) is 19.1 Å². The summed E-state index contributed by atoms with van der Waals surface area (Å²) in [6.07, 6.45) is 3.09. The topological polar surface area (TPSA) is 18.5 Å². The van der Waals surface area contributed by atoms with Crippen LogP contribution >= 0.6 is 11.6 Å². The van der Waals surface area contributed by atoms with E-state index in [9.17, 15) is 0 Å². The highest BCUT2D eigenvalue weighted by Gasteiger charge is 2.10. The maximum Gasteiger partial charge on any atom is 0.126 e. The molecule has 1 aromatic rings. The minimum Gasteiger partial charge on any atom is -0.493 e. The van der Waals surface area contributed by atoms with Crippen LogP contribution in [0.15, 0.2) is 18.2 Å². The van der Waals surface area contributed by atoms with E-state index in [-0.39, 0.29) is 0 Å². The second-order valence-corrected chi connectivity index (χ2v) is 3.99. The van der Waals surface area contributed by atoms with Crippen LogP contribution < -0.4 is 9.47 Å². The number of ether oxygens (including phenoxy) is 2. The number of aryl methyl sites for hydroxylation is 1. The van der Waals surface area contributed by atoms with Gasteiger partial charge in [-0.15, -0.1) is 11.6 Å². The predicted octanol–water partition coefficient (Wildman–Crippen LogP) is 3.02. The number of rotatable bonds is 4. The van der Waals surface area contributed by atoms with Crippen LogP contribution in [0.2, 0.25) is 0 Å². The van der Waals surface area contributed by atoms with E-state index in [1.165, 1.54) is 5.56 Å². The average molecular weight is 227 g/mol. The molecule has 0 N–H and O–H groups in total. The lowest BCUT2D eigenvalue weighted by Gasteiger charge is -2.17. The van der Waals surface area contributed by atoms with Gasteiger partial charge in [0.25, 0.3) is 0 Å². The highest BCUT2D eigenvalue weighted by Crippen LogP contribution is 2.28. The minimum absolute atomic E-state index is 0.640. The first-order valence-electron chi connectivity index (χ1n) is 5.34. The molecule has 1 aromatic carbocycles. The third kappa shape index (κ3) is 2.78. The Morgan fingerprint density at radius 2 is 2.33 bits per heavy atom. The van der Waals surface area contributed by atoms with Crippen LogP contribution in [0.5, 0.6) is 11.5 Å². The van der Waals surface area contributed by atoms with Crippen molar-refractivity contribution in [1.29, 1.82) is 0 Å². The third-order valence-electron chi connectivity index (χ3n) is 2.43. The van der Waals surface area contributed by atoms with Gasteiger partial charge < -0.3 is 9.47 Å². The Bertz CT molecular complexity index is 325. The Morgan fingerprint density at radius 1 is 1.40 bits per heavy atom. The van der Waals surface area contributed by atoms with Gasteiger partial charge in [0.05, 0.1) is 13.2 Å². The molecule has 0 aromatic heterocycles. The van der Waals surface area contributed by atoms with Gasteiger partial charge in [-0.1, -0.05) is 6.07 Å². The van der Waals surface area contributed by atoms with E-state index in [2.05, 4.69) is 6.07 Å². The predicted molar refractivity (Wildman–Crippen MR) is 61.1 cm³/mol. The monoisotopic (exact) mass is 226 g/mol. The molecule has 3 heteroatoms. The molecule has 0 saturated heterocycles. The normalized spacial score (nSPS) is 14.2. The molecule has 0 atom stereocenters. The molecule has 2 rings (SSSR count). The highest BCUT2D eigenvalue weighted by atomic mass is 35.5. The summed E-state index contributed by atoms with van der Waals surface area (Å²) in [5.41, 5.74) is 1.28. The van der Waals surface area contributed by atoms with Crippen molar-refractivity contribution in [3.8, 4) is 11.5 Å². The van der Waals surface area contributed by atoms with Crippen LogP contribution in [-0.2, 0) is 6.42 Å². The molecule has 0 unspecified atom stereocenters. The van der Waals surface area contributed by atoms with Gasteiger partial charge in [0.2, 0.25) is 0 Å². The first-order valence-corrected chi connectivity index (χ1v) is 5.88. The molecule has 2 nitrogen and oxygen atoms in total. The summed E-state index contributed by atoms with van der Waals surface area (Å²) in [5.74, 6) is 2.49. The van der Waals surface area contributed by atoms with Crippen LogP contribution in [0.3, 0.4) is 0 Å². The maximum atomic E-state index is 5.58. The largest absolute Gasteiger partial charge is 0.493 e. The van der Waals surface area contributed by atoms with Gasteiger partial charge in [0, 0.05) is 11.9 Å². The Balaban J connectivity index is 2.00. The van der Waals surface area contributed by atoms with E-state index >= 15 is 0 Å². The molecule has 15 heavy (non-hydrogen) atoms. The molecular weight excluding hydrogens is 212 g/mol. The molecule has 0 radical (unpaired) electrons. The quantitative estimate of drug-likeness (QED) is 0.581. The minimum atomic E-state index is 0.640. The molecule has 0 fully saturated rings. The Kier molecular flexibility index (Phi) is 3.73. The Hall–Kier alpha value is -0.890. The SMILES string of the molecule is ClCCCOc1ccc2c(c1)OCCC2. The van der Waals surface area contributed by atoms with Crippen molar-refractivity contribution < 1.29 is 9.47 Å². The molecule has 1 heterocycles. The number of hydrogen-bond acceptors (Lipinski definition) is 2. The molecule has 82 valence electrons. The zero-order chi connectivity index (χ0) is 10.5. The van der Waals surface area contributed by atoms with Gasteiger partial charge >= 0.3 is 0 Å². The number of hydrogen-bond donors (Lipinski definition) is 0. The summed E-state index contributed by atoms with van der Waals surface area (Å²) in [5, 5.41) is 0. The number of benzene rings is 1. The summed E-state index contributed by atoms with van der Waals surface area (Å²) in [7, 11) is 0. The number of halogens is 1. The molecule has 1 aliphatic heterocycles. The number of fused-ring (bicyclic) bond motifs is 1. The van der Waals surface area contributed by atoms with Gasteiger partial charge in [0.1, 0.15) is 11.5 Å². The lowest BCUT2D eigenvalue weighted by Crippen LogP contribution is -2.08. The van der Waals surface area contributed by atoms with Crippen molar-refractivity contribution in [3.05, 3.63) is 23.8 Å². The lowest BCUT2D eigenvalue weighted by atomic mass is 10.1. The van der Waals surface area contributed by atoms with Crippen molar-refractivity contribution in [2.24, 2.45) is 0 Å². The fourth-order valence-electron chi connectivity index (χ4n) is 1.65. The Labute approximate surface area is 95.1 Å². The highest BCUT2D eigenvalue weighted by molar-refractivity contribution is 6.17. The van der Waals surface area contributed by atoms with Crippen LogP contribution in [0.4, 0.5) is 0 Å². The van der Waals surface area contributed by atoms with Gasteiger partial charge in [-0.25, -0.2) is 0 Å². The zero-order valence-corrected chi connectivity index (χ0v) is 9.43. The maximum absolute atomic E-state index is 5.58. The standard InChI is InChI=1S/C12H15ClO2/c13-6-2-8-14-11-5-4-10-3-1-7-15-12(10)9-11/h4-5,9H,1-3,6-8H2. The van der Waals surface area contributed by atoms with E-state index in [0.717, 1.165) is 37.4 Å². The summed E-state index contributed by atoms with van der Waals surface area (Å²) >= 11 is 5.58. The summed E-state index contributed by atoms with van der Waals surface area (Å²) in [6.45, 7) is 1.49. The van der Waals surface area contributed by atoms with E-state index in [1.807, 2.05) is 12.1 Å². The van der Waals surface area contributed by atoms with Crippen LogP contribution in [-0.4, -0.2) is 19.1 Å². The summed E-state index contributed by atoms with van der Waals surface area (Å²) < 4.78 is 11.1. The van der Waals surface area contributed by atoms with E-state index in [1.54, 1.807) is 0 Å². The summed E-state index contributed by atoms with van der Waals surface area (Å²) in [6, 6.07) is 6.06. The molecular formula is C12H15ClO2. The summed E-state index contributed by atoms with van der Waals surface area (Å²) in [4.78, 5) is 0. The van der Waals surface area contributed by atoms with Crippen molar-refractivity contribution in [1.82, 2.24) is 0 Å².